The summed E-state index contributed by atoms with van der Waals surface area (Å²) < 4.78 is 2.19. The summed E-state index contributed by atoms with van der Waals surface area (Å²) in [6.07, 6.45) is 10.1. The molecule has 140 valence electrons. The van der Waals surface area contributed by atoms with Gasteiger partial charge in [-0.15, -0.1) is 10.2 Å². The fraction of sp³-hybridized carbons (Fsp3) is 0.500. The molecule has 0 spiro atoms. The summed E-state index contributed by atoms with van der Waals surface area (Å²) >= 11 is 0. The molecule has 3 aromatic rings. The predicted molar refractivity (Wildman–Crippen MR) is 107 cm³/mol. The Labute approximate surface area is 160 Å². The molecule has 0 N–H and O–H groups in total. The zero-order valence-electron chi connectivity index (χ0n) is 16.2. The molecule has 5 nitrogen and oxygen atoms in total. The average Bonchev–Trinajstić information content (AvgIpc) is 3.42. The molecular weight excluding hydrogens is 334 g/mol. The summed E-state index contributed by atoms with van der Waals surface area (Å²) in [5.74, 6) is 1.94. The van der Waals surface area contributed by atoms with Crippen molar-refractivity contribution in [3.05, 3.63) is 53.7 Å². The molecule has 0 bridgehead atoms. The van der Waals surface area contributed by atoms with Crippen LogP contribution in [0.2, 0.25) is 0 Å². The molecule has 0 radical (unpaired) electrons. The number of nitrogens with zero attached hydrogens (tertiary/aromatic N) is 5. The highest BCUT2D eigenvalue weighted by Gasteiger charge is 2.33. The summed E-state index contributed by atoms with van der Waals surface area (Å²) in [4.78, 5) is 7.13. The average molecular weight is 361 g/mol. The number of rotatable bonds is 4. The SMILES string of the molecule is Cc1c(N2CCC(C)(c3ccccn3)CC2)ccn2c(CC3CC3)nnc12. The van der Waals surface area contributed by atoms with Gasteiger partial charge in [-0.2, -0.15) is 0 Å². The lowest BCUT2D eigenvalue weighted by Gasteiger charge is -2.40. The molecule has 27 heavy (non-hydrogen) atoms. The number of aromatic nitrogens is 4. The Morgan fingerprint density at radius 3 is 2.63 bits per heavy atom. The standard InChI is InChI=1S/C22H27N5/c1-16-18(8-12-27-20(15-17-6-7-17)24-25-21(16)27)26-13-9-22(2,10-14-26)19-5-3-4-11-23-19/h3-5,8,11-12,17H,6-7,9-10,13-15H2,1-2H3. The van der Waals surface area contributed by atoms with Crippen LogP contribution in [-0.4, -0.2) is 32.7 Å². The van der Waals surface area contributed by atoms with Gasteiger partial charge < -0.3 is 4.90 Å². The van der Waals surface area contributed by atoms with Gasteiger partial charge in [0.15, 0.2) is 5.65 Å². The van der Waals surface area contributed by atoms with Gasteiger partial charge in [0, 0.05) is 54.3 Å². The predicted octanol–water partition coefficient (Wildman–Crippen LogP) is 3.94. The van der Waals surface area contributed by atoms with Crippen molar-refractivity contribution in [2.75, 3.05) is 18.0 Å². The third-order valence-electron chi connectivity index (χ3n) is 6.53. The molecule has 0 atom stereocenters. The highest BCUT2D eigenvalue weighted by molar-refractivity contribution is 5.65. The molecule has 1 aliphatic carbocycles. The molecule has 2 aliphatic rings. The zero-order chi connectivity index (χ0) is 18.4. The maximum absolute atomic E-state index is 4.62. The monoisotopic (exact) mass is 361 g/mol. The second-order valence-electron chi connectivity index (χ2n) is 8.55. The molecule has 0 unspecified atom stereocenters. The minimum atomic E-state index is 0.169. The Hall–Kier alpha value is -2.43. The number of fused-ring (bicyclic) bond motifs is 1. The molecule has 5 heteroatoms. The Morgan fingerprint density at radius 2 is 1.93 bits per heavy atom. The van der Waals surface area contributed by atoms with E-state index in [-0.39, 0.29) is 5.41 Å². The van der Waals surface area contributed by atoms with Crippen LogP contribution in [0.3, 0.4) is 0 Å². The van der Waals surface area contributed by atoms with E-state index in [9.17, 15) is 0 Å². The topological polar surface area (TPSA) is 46.3 Å². The number of piperidine rings is 1. The van der Waals surface area contributed by atoms with Crippen molar-refractivity contribution in [1.82, 2.24) is 19.6 Å². The summed E-state index contributed by atoms with van der Waals surface area (Å²) in [5.41, 5.74) is 4.95. The molecular formula is C22H27N5. The lowest BCUT2D eigenvalue weighted by atomic mass is 9.77. The lowest BCUT2D eigenvalue weighted by Crippen LogP contribution is -2.41. The van der Waals surface area contributed by atoms with Crippen LogP contribution in [0.15, 0.2) is 36.7 Å². The number of pyridine rings is 2. The van der Waals surface area contributed by atoms with E-state index in [2.05, 4.69) is 62.7 Å². The van der Waals surface area contributed by atoms with Crippen molar-refractivity contribution in [2.45, 2.75) is 51.4 Å². The van der Waals surface area contributed by atoms with Crippen LogP contribution >= 0.6 is 0 Å². The molecule has 2 fully saturated rings. The van der Waals surface area contributed by atoms with Crippen molar-refractivity contribution in [1.29, 1.82) is 0 Å². The van der Waals surface area contributed by atoms with E-state index in [4.69, 9.17) is 0 Å². The van der Waals surface area contributed by atoms with Crippen LogP contribution in [0.25, 0.3) is 5.65 Å². The van der Waals surface area contributed by atoms with Gasteiger partial charge in [0.25, 0.3) is 0 Å². The van der Waals surface area contributed by atoms with Crippen LogP contribution < -0.4 is 4.90 Å². The zero-order valence-corrected chi connectivity index (χ0v) is 16.2. The van der Waals surface area contributed by atoms with E-state index in [1.54, 1.807) is 0 Å². The quantitative estimate of drug-likeness (QED) is 0.706. The minimum absolute atomic E-state index is 0.169. The summed E-state index contributed by atoms with van der Waals surface area (Å²) in [7, 11) is 0. The summed E-state index contributed by atoms with van der Waals surface area (Å²) in [5, 5.41) is 8.98. The smallest absolute Gasteiger partial charge is 0.165 e. The second-order valence-corrected chi connectivity index (χ2v) is 8.55. The van der Waals surface area contributed by atoms with Crippen LogP contribution in [0, 0.1) is 12.8 Å². The van der Waals surface area contributed by atoms with Gasteiger partial charge in [-0.25, -0.2) is 0 Å². The van der Waals surface area contributed by atoms with Crippen LogP contribution in [0.4, 0.5) is 5.69 Å². The van der Waals surface area contributed by atoms with Crippen molar-refractivity contribution >= 4 is 11.3 Å². The van der Waals surface area contributed by atoms with Crippen LogP contribution in [-0.2, 0) is 11.8 Å². The minimum Gasteiger partial charge on any atom is -0.371 e. The van der Waals surface area contributed by atoms with Crippen molar-refractivity contribution in [3.8, 4) is 0 Å². The molecule has 1 aliphatic heterocycles. The number of anilines is 1. The van der Waals surface area contributed by atoms with E-state index in [1.807, 2.05) is 12.3 Å². The molecule has 3 aromatic heterocycles. The largest absolute Gasteiger partial charge is 0.371 e. The first-order valence-corrected chi connectivity index (χ1v) is 10.1. The van der Waals surface area contributed by atoms with E-state index >= 15 is 0 Å². The van der Waals surface area contributed by atoms with E-state index in [0.717, 1.165) is 49.7 Å². The summed E-state index contributed by atoms with van der Waals surface area (Å²) in [6, 6.07) is 8.52. The normalized spacial score (nSPS) is 19.6. The molecule has 0 aromatic carbocycles. The van der Waals surface area contributed by atoms with Crippen LogP contribution in [0.1, 0.15) is 49.7 Å². The first-order valence-electron chi connectivity index (χ1n) is 10.1. The molecule has 1 saturated carbocycles. The molecule has 1 saturated heterocycles. The second kappa shape index (κ2) is 6.32. The van der Waals surface area contributed by atoms with Crippen molar-refractivity contribution in [2.24, 2.45) is 5.92 Å². The van der Waals surface area contributed by atoms with Gasteiger partial charge >= 0.3 is 0 Å². The summed E-state index contributed by atoms with van der Waals surface area (Å²) in [6.45, 7) is 6.64. The Balaban J connectivity index is 1.38. The third kappa shape index (κ3) is 2.99. The first-order chi connectivity index (χ1) is 13.1. The van der Waals surface area contributed by atoms with Gasteiger partial charge in [-0.05, 0) is 56.7 Å². The molecule has 4 heterocycles. The number of hydrogen-bond donors (Lipinski definition) is 0. The molecule has 0 amide bonds. The Bertz CT molecular complexity index is 949. The fourth-order valence-corrected chi connectivity index (χ4v) is 4.40. The maximum Gasteiger partial charge on any atom is 0.165 e. The van der Waals surface area contributed by atoms with Gasteiger partial charge in [-0.1, -0.05) is 13.0 Å². The van der Waals surface area contributed by atoms with Crippen molar-refractivity contribution < 1.29 is 0 Å². The van der Waals surface area contributed by atoms with Crippen molar-refractivity contribution in [3.63, 3.8) is 0 Å². The third-order valence-corrected chi connectivity index (χ3v) is 6.53. The van der Waals surface area contributed by atoms with E-state index in [0.29, 0.717) is 0 Å². The highest BCUT2D eigenvalue weighted by atomic mass is 15.3. The maximum atomic E-state index is 4.62. The first kappa shape index (κ1) is 16.7. The fourth-order valence-electron chi connectivity index (χ4n) is 4.40. The van der Waals surface area contributed by atoms with Gasteiger partial charge in [0.2, 0.25) is 0 Å². The number of aryl methyl sites for hydroxylation is 1. The highest BCUT2D eigenvalue weighted by Crippen LogP contribution is 2.37. The van der Waals surface area contributed by atoms with Gasteiger partial charge in [0.1, 0.15) is 5.82 Å². The van der Waals surface area contributed by atoms with E-state index < -0.39 is 0 Å². The number of hydrogen-bond acceptors (Lipinski definition) is 4. The van der Waals surface area contributed by atoms with Gasteiger partial charge in [-0.3, -0.25) is 9.38 Å². The Morgan fingerprint density at radius 1 is 1.11 bits per heavy atom. The van der Waals surface area contributed by atoms with E-state index in [1.165, 1.54) is 29.8 Å². The molecule has 5 rings (SSSR count). The Kier molecular flexibility index (Phi) is 3.92. The van der Waals surface area contributed by atoms with Crippen LogP contribution in [0.5, 0.6) is 0 Å². The van der Waals surface area contributed by atoms with Gasteiger partial charge in [0.05, 0.1) is 0 Å². The lowest BCUT2D eigenvalue weighted by molar-refractivity contribution is 0.353.